The third kappa shape index (κ3) is 5.06. The van der Waals surface area contributed by atoms with Crippen molar-refractivity contribution < 1.29 is 19.7 Å². The fraction of sp³-hybridized carbons (Fsp3) is 0.857. The molecule has 0 saturated carbocycles. The molecular formula is C7H15NO4. The van der Waals surface area contributed by atoms with Crippen LogP contribution >= 0.6 is 0 Å². The highest BCUT2D eigenvalue weighted by Crippen LogP contribution is 1.95. The number of hydrogen-bond acceptors (Lipinski definition) is 4. The number of rotatable bonds is 7. The largest absolute Gasteiger partial charge is 0.481 e. The molecule has 0 bridgehead atoms. The van der Waals surface area contributed by atoms with Crippen LogP contribution in [0.25, 0.3) is 0 Å². The molecule has 0 amide bonds. The lowest BCUT2D eigenvalue weighted by Gasteiger charge is -2.10. The standard InChI is InChI=1S/C7H15NO4/c1-8-4-6(7(10)11)5-12-3-2-9/h6,8-9H,2-5H2,1H3,(H,10,11)/t6-/m0/s1. The molecule has 0 aliphatic rings. The van der Waals surface area contributed by atoms with Crippen LogP contribution in [0.1, 0.15) is 0 Å². The molecule has 5 nitrogen and oxygen atoms in total. The van der Waals surface area contributed by atoms with Gasteiger partial charge in [0.2, 0.25) is 0 Å². The predicted molar refractivity (Wildman–Crippen MR) is 43.0 cm³/mol. The van der Waals surface area contributed by atoms with Crippen LogP contribution in [0.4, 0.5) is 0 Å². The van der Waals surface area contributed by atoms with Crippen molar-refractivity contribution >= 4 is 5.97 Å². The van der Waals surface area contributed by atoms with E-state index >= 15 is 0 Å². The molecule has 3 N–H and O–H groups in total. The zero-order valence-electron chi connectivity index (χ0n) is 7.12. The zero-order valence-corrected chi connectivity index (χ0v) is 7.12. The van der Waals surface area contributed by atoms with E-state index in [0.29, 0.717) is 6.54 Å². The Morgan fingerprint density at radius 2 is 2.33 bits per heavy atom. The molecular weight excluding hydrogens is 162 g/mol. The SMILES string of the molecule is CNC[C@@H](COCCO)C(=O)O. The summed E-state index contributed by atoms with van der Waals surface area (Å²) in [7, 11) is 1.68. The summed E-state index contributed by atoms with van der Waals surface area (Å²) in [5.74, 6) is -1.43. The van der Waals surface area contributed by atoms with Gasteiger partial charge in [-0.1, -0.05) is 0 Å². The van der Waals surface area contributed by atoms with Gasteiger partial charge in [-0.25, -0.2) is 0 Å². The minimum Gasteiger partial charge on any atom is -0.481 e. The van der Waals surface area contributed by atoms with Crippen LogP contribution in [0.5, 0.6) is 0 Å². The van der Waals surface area contributed by atoms with E-state index < -0.39 is 11.9 Å². The van der Waals surface area contributed by atoms with E-state index in [1.54, 1.807) is 7.05 Å². The van der Waals surface area contributed by atoms with Crippen molar-refractivity contribution in [3.8, 4) is 0 Å². The van der Waals surface area contributed by atoms with Gasteiger partial charge in [0, 0.05) is 6.54 Å². The van der Waals surface area contributed by atoms with Gasteiger partial charge in [-0.15, -0.1) is 0 Å². The first kappa shape index (κ1) is 11.4. The molecule has 1 atom stereocenters. The summed E-state index contributed by atoms with van der Waals surface area (Å²) in [6.07, 6.45) is 0. The van der Waals surface area contributed by atoms with E-state index in [9.17, 15) is 4.79 Å². The summed E-state index contributed by atoms with van der Waals surface area (Å²) in [6.45, 7) is 0.622. The molecule has 12 heavy (non-hydrogen) atoms. The first-order valence-electron chi connectivity index (χ1n) is 3.78. The second-order valence-corrected chi connectivity index (χ2v) is 2.39. The number of carboxylic acids is 1. The fourth-order valence-corrected chi connectivity index (χ4v) is 0.754. The van der Waals surface area contributed by atoms with Crippen molar-refractivity contribution in [3.05, 3.63) is 0 Å². The first-order valence-corrected chi connectivity index (χ1v) is 3.78. The number of carbonyl (C=O) groups is 1. The van der Waals surface area contributed by atoms with Crippen LogP contribution in [-0.2, 0) is 9.53 Å². The Morgan fingerprint density at radius 1 is 1.67 bits per heavy atom. The van der Waals surface area contributed by atoms with Crippen LogP contribution in [0.2, 0.25) is 0 Å². The highest BCUT2D eigenvalue weighted by molar-refractivity contribution is 5.70. The molecule has 0 rings (SSSR count). The lowest BCUT2D eigenvalue weighted by molar-refractivity contribution is -0.143. The maximum absolute atomic E-state index is 10.5. The Labute approximate surface area is 71.3 Å². The molecule has 0 unspecified atom stereocenters. The molecule has 0 aliphatic carbocycles. The van der Waals surface area contributed by atoms with Gasteiger partial charge in [0.25, 0.3) is 0 Å². The van der Waals surface area contributed by atoms with Gasteiger partial charge in [-0.05, 0) is 7.05 Å². The Balaban J connectivity index is 3.56. The number of hydrogen-bond donors (Lipinski definition) is 3. The van der Waals surface area contributed by atoms with Crippen LogP contribution < -0.4 is 5.32 Å². The fourth-order valence-electron chi connectivity index (χ4n) is 0.754. The Kier molecular flexibility index (Phi) is 6.64. The maximum atomic E-state index is 10.5. The number of carboxylic acid groups (broad SMARTS) is 1. The first-order chi connectivity index (χ1) is 5.72. The lowest BCUT2D eigenvalue weighted by Crippen LogP contribution is -2.30. The van der Waals surface area contributed by atoms with Gasteiger partial charge in [0.1, 0.15) is 0 Å². The molecule has 0 radical (unpaired) electrons. The molecule has 0 heterocycles. The van der Waals surface area contributed by atoms with Crippen molar-refractivity contribution in [3.63, 3.8) is 0 Å². The van der Waals surface area contributed by atoms with Gasteiger partial charge in [-0.3, -0.25) is 4.79 Å². The molecule has 0 spiro atoms. The molecule has 0 aromatic heterocycles. The molecule has 0 aromatic rings. The van der Waals surface area contributed by atoms with E-state index in [-0.39, 0.29) is 19.8 Å². The minimum absolute atomic E-state index is 0.0775. The van der Waals surface area contributed by atoms with Crippen molar-refractivity contribution in [2.75, 3.05) is 33.4 Å². The summed E-state index contributed by atoms with van der Waals surface area (Å²) in [6, 6.07) is 0. The predicted octanol–water partition coefficient (Wildman–Crippen LogP) is -1.08. The van der Waals surface area contributed by atoms with Crippen LogP contribution in [0.15, 0.2) is 0 Å². The van der Waals surface area contributed by atoms with Crippen molar-refractivity contribution in [2.24, 2.45) is 5.92 Å². The van der Waals surface area contributed by atoms with E-state index in [4.69, 9.17) is 14.9 Å². The van der Waals surface area contributed by atoms with E-state index in [1.807, 2.05) is 0 Å². The van der Waals surface area contributed by atoms with Crippen LogP contribution in [0, 0.1) is 5.92 Å². The topological polar surface area (TPSA) is 78.8 Å². The lowest BCUT2D eigenvalue weighted by atomic mass is 10.1. The molecule has 0 fully saturated rings. The third-order valence-corrected chi connectivity index (χ3v) is 1.35. The van der Waals surface area contributed by atoms with Crippen molar-refractivity contribution in [1.29, 1.82) is 0 Å². The third-order valence-electron chi connectivity index (χ3n) is 1.35. The minimum atomic E-state index is -0.887. The van der Waals surface area contributed by atoms with Crippen molar-refractivity contribution in [1.82, 2.24) is 5.32 Å². The molecule has 0 aromatic carbocycles. The number of nitrogens with one attached hydrogen (secondary N) is 1. The van der Waals surface area contributed by atoms with E-state index in [2.05, 4.69) is 5.32 Å². The highest BCUT2D eigenvalue weighted by Gasteiger charge is 2.15. The van der Waals surface area contributed by atoms with E-state index in [1.165, 1.54) is 0 Å². The van der Waals surface area contributed by atoms with Crippen LogP contribution in [-0.4, -0.2) is 49.6 Å². The highest BCUT2D eigenvalue weighted by atomic mass is 16.5. The summed E-state index contributed by atoms with van der Waals surface area (Å²) < 4.78 is 4.89. The second-order valence-electron chi connectivity index (χ2n) is 2.39. The zero-order chi connectivity index (χ0) is 9.40. The molecule has 5 heteroatoms. The number of aliphatic hydroxyl groups is 1. The van der Waals surface area contributed by atoms with Gasteiger partial charge in [0.05, 0.1) is 25.7 Å². The quantitative estimate of drug-likeness (QED) is 0.431. The van der Waals surface area contributed by atoms with E-state index in [0.717, 1.165) is 0 Å². The average molecular weight is 177 g/mol. The number of aliphatic carboxylic acids is 1. The summed E-state index contributed by atoms with van der Waals surface area (Å²) >= 11 is 0. The summed E-state index contributed by atoms with van der Waals surface area (Å²) in [5.41, 5.74) is 0. The smallest absolute Gasteiger partial charge is 0.310 e. The maximum Gasteiger partial charge on any atom is 0.310 e. The van der Waals surface area contributed by atoms with Crippen LogP contribution in [0.3, 0.4) is 0 Å². The number of aliphatic hydroxyl groups excluding tert-OH is 1. The van der Waals surface area contributed by atoms with Gasteiger partial charge in [-0.2, -0.15) is 0 Å². The average Bonchev–Trinajstić information content (AvgIpc) is 2.03. The van der Waals surface area contributed by atoms with Gasteiger partial charge in [0.15, 0.2) is 0 Å². The summed E-state index contributed by atoms with van der Waals surface area (Å²) in [4.78, 5) is 10.5. The molecule has 0 aliphatic heterocycles. The van der Waals surface area contributed by atoms with Gasteiger partial charge >= 0.3 is 5.97 Å². The Hall–Kier alpha value is -0.650. The normalized spacial score (nSPS) is 12.8. The number of ether oxygens (including phenoxy) is 1. The molecule has 0 saturated heterocycles. The Morgan fingerprint density at radius 3 is 2.75 bits per heavy atom. The van der Waals surface area contributed by atoms with Crippen molar-refractivity contribution in [2.45, 2.75) is 0 Å². The van der Waals surface area contributed by atoms with Gasteiger partial charge < -0.3 is 20.3 Å². The molecule has 72 valence electrons. The second kappa shape index (κ2) is 7.02. The monoisotopic (exact) mass is 177 g/mol. The summed E-state index contributed by atoms with van der Waals surface area (Å²) in [5, 5.41) is 19.7. The Bertz CT molecular complexity index is 129.